The lowest BCUT2D eigenvalue weighted by Gasteiger charge is -2.26. The smallest absolute Gasteiger partial charge is 0.231 e. The van der Waals surface area contributed by atoms with Gasteiger partial charge in [0.1, 0.15) is 0 Å². The highest BCUT2D eigenvalue weighted by Gasteiger charge is 2.16. The molecule has 1 unspecified atom stereocenters. The predicted molar refractivity (Wildman–Crippen MR) is 80.8 cm³/mol. The first-order valence-electron chi connectivity index (χ1n) is 7.32. The van der Waals surface area contributed by atoms with Crippen molar-refractivity contribution < 1.29 is 9.63 Å². The van der Waals surface area contributed by atoms with E-state index in [1.165, 1.54) is 0 Å². The molecule has 0 fully saturated rings. The van der Waals surface area contributed by atoms with Crippen molar-refractivity contribution in [3.05, 3.63) is 47.6 Å². The summed E-state index contributed by atoms with van der Waals surface area (Å²) in [5, 5.41) is 13.6. The number of hydrogen-bond donors (Lipinski definition) is 1. The molecule has 2 aromatic rings. The van der Waals surface area contributed by atoms with Crippen LogP contribution in [0.2, 0.25) is 0 Å². The largest absolute Gasteiger partial charge is 0.392 e. The molecule has 1 atom stereocenters. The summed E-state index contributed by atoms with van der Waals surface area (Å²) in [5.74, 6) is 1.28. The molecule has 0 radical (unpaired) electrons. The number of nitrogens with zero attached hydrogens (tertiary/aromatic N) is 3. The van der Waals surface area contributed by atoms with Gasteiger partial charge in [-0.1, -0.05) is 35.5 Å². The molecule has 0 aliphatic carbocycles. The Balaban J connectivity index is 1.98. The van der Waals surface area contributed by atoms with Crippen LogP contribution in [0.3, 0.4) is 0 Å². The van der Waals surface area contributed by atoms with Crippen molar-refractivity contribution >= 4 is 0 Å². The third-order valence-corrected chi connectivity index (χ3v) is 3.28. The molecule has 0 saturated carbocycles. The van der Waals surface area contributed by atoms with Crippen LogP contribution in [-0.4, -0.2) is 38.8 Å². The summed E-state index contributed by atoms with van der Waals surface area (Å²) >= 11 is 0. The number of aromatic nitrogens is 2. The van der Waals surface area contributed by atoms with Crippen LogP contribution in [-0.2, 0) is 13.0 Å². The molecule has 2 rings (SSSR count). The van der Waals surface area contributed by atoms with Crippen molar-refractivity contribution in [2.24, 2.45) is 0 Å². The van der Waals surface area contributed by atoms with Gasteiger partial charge in [0.15, 0.2) is 5.82 Å². The molecule has 1 aromatic heterocycles. The van der Waals surface area contributed by atoms with Crippen LogP contribution in [0.1, 0.15) is 38.0 Å². The summed E-state index contributed by atoms with van der Waals surface area (Å²) in [6.45, 7) is 7.15. The van der Waals surface area contributed by atoms with E-state index in [1.54, 1.807) is 6.92 Å². The van der Waals surface area contributed by atoms with E-state index in [-0.39, 0.29) is 6.10 Å². The fraction of sp³-hybridized carbons (Fsp3) is 0.500. The Labute approximate surface area is 125 Å². The second kappa shape index (κ2) is 7.33. The summed E-state index contributed by atoms with van der Waals surface area (Å²) in [4.78, 5) is 6.56. The molecule has 1 aromatic carbocycles. The van der Waals surface area contributed by atoms with E-state index >= 15 is 0 Å². The molecular formula is C16H23N3O2. The first-order valence-corrected chi connectivity index (χ1v) is 7.32. The average molecular weight is 289 g/mol. The van der Waals surface area contributed by atoms with Crippen molar-refractivity contribution in [2.75, 3.05) is 6.54 Å². The van der Waals surface area contributed by atoms with Crippen molar-refractivity contribution in [1.29, 1.82) is 0 Å². The minimum atomic E-state index is -0.372. The van der Waals surface area contributed by atoms with Gasteiger partial charge < -0.3 is 9.63 Å². The number of aliphatic hydroxyl groups excluding tert-OH is 1. The number of benzene rings is 1. The fourth-order valence-corrected chi connectivity index (χ4v) is 2.18. The first-order chi connectivity index (χ1) is 10.0. The maximum atomic E-state index is 9.54. The lowest BCUT2D eigenvalue weighted by atomic mass is 10.1. The molecular weight excluding hydrogens is 266 g/mol. The van der Waals surface area contributed by atoms with E-state index in [0.29, 0.717) is 37.3 Å². The van der Waals surface area contributed by atoms with Gasteiger partial charge in [-0.05, 0) is 26.3 Å². The SMILES string of the molecule is CC(O)CN(Cc1noc(Cc2ccccc2)n1)C(C)C. The molecule has 0 spiro atoms. The quantitative estimate of drug-likeness (QED) is 0.847. The summed E-state index contributed by atoms with van der Waals surface area (Å²) in [7, 11) is 0. The van der Waals surface area contributed by atoms with Crippen LogP contribution in [0.5, 0.6) is 0 Å². The predicted octanol–water partition coefficient (Wildman–Crippen LogP) is 2.25. The highest BCUT2D eigenvalue weighted by Crippen LogP contribution is 2.10. The van der Waals surface area contributed by atoms with E-state index in [9.17, 15) is 5.11 Å². The van der Waals surface area contributed by atoms with Crippen LogP contribution in [0.15, 0.2) is 34.9 Å². The van der Waals surface area contributed by atoms with Crippen LogP contribution in [0.25, 0.3) is 0 Å². The lowest BCUT2D eigenvalue weighted by Crippen LogP contribution is -2.36. The number of hydrogen-bond acceptors (Lipinski definition) is 5. The molecule has 0 saturated heterocycles. The summed E-state index contributed by atoms with van der Waals surface area (Å²) in [5.41, 5.74) is 1.15. The molecule has 1 N–H and O–H groups in total. The Bertz CT molecular complexity index is 537. The van der Waals surface area contributed by atoms with E-state index < -0.39 is 0 Å². The zero-order valence-electron chi connectivity index (χ0n) is 12.9. The van der Waals surface area contributed by atoms with Crippen molar-refractivity contribution in [3.8, 4) is 0 Å². The van der Waals surface area contributed by atoms with Gasteiger partial charge in [0.2, 0.25) is 5.89 Å². The second-order valence-corrected chi connectivity index (χ2v) is 5.64. The number of rotatable bonds is 7. The Hall–Kier alpha value is -1.72. The van der Waals surface area contributed by atoms with Crippen molar-refractivity contribution in [3.63, 3.8) is 0 Å². The maximum absolute atomic E-state index is 9.54. The van der Waals surface area contributed by atoms with E-state index in [0.717, 1.165) is 5.56 Å². The van der Waals surface area contributed by atoms with Gasteiger partial charge in [-0.15, -0.1) is 0 Å². The van der Waals surface area contributed by atoms with Gasteiger partial charge in [0, 0.05) is 12.6 Å². The Morgan fingerprint density at radius 3 is 2.52 bits per heavy atom. The van der Waals surface area contributed by atoms with Crippen LogP contribution in [0.4, 0.5) is 0 Å². The molecule has 21 heavy (non-hydrogen) atoms. The average Bonchev–Trinajstić information content (AvgIpc) is 2.86. The third-order valence-electron chi connectivity index (χ3n) is 3.28. The van der Waals surface area contributed by atoms with Crippen LogP contribution in [0, 0.1) is 0 Å². The molecule has 114 valence electrons. The van der Waals surface area contributed by atoms with Gasteiger partial charge >= 0.3 is 0 Å². The van der Waals surface area contributed by atoms with E-state index in [2.05, 4.69) is 28.9 Å². The topological polar surface area (TPSA) is 62.4 Å². The highest BCUT2D eigenvalue weighted by atomic mass is 16.5. The Morgan fingerprint density at radius 1 is 1.19 bits per heavy atom. The zero-order valence-corrected chi connectivity index (χ0v) is 12.9. The minimum absolute atomic E-state index is 0.315. The standard InChI is InChI=1S/C16H23N3O2/c1-12(2)19(10-13(3)20)11-15-17-16(21-18-15)9-14-7-5-4-6-8-14/h4-8,12-13,20H,9-11H2,1-3H3. The zero-order chi connectivity index (χ0) is 15.2. The molecule has 0 aliphatic rings. The maximum Gasteiger partial charge on any atom is 0.231 e. The van der Waals surface area contributed by atoms with Gasteiger partial charge in [-0.2, -0.15) is 4.98 Å². The number of aliphatic hydroxyl groups is 1. The van der Waals surface area contributed by atoms with Gasteiger partial charge in [0.25, 0.3) is 0 Å². The molecule has 0 amide bonds. The summed E-state index contributed by atoms with van der Waals surface area (Å²) in [6, 6.07) is 10.4. The molecule has 1 heterocycles. The van der Waals surface area contributed by atoms with Gasteiger partial charge in [-0.3, -0.25) is 4.90 Å². The molecule has 0 bridgehead atoms. The van der Waals surface area contributed by atoms with Crippen LogP contribution < -0.4 is 0 Å². The minimum Gasteiger partial charge on any atom is -0.392 e. The van der Waals surface area contributed by atoms with Gasteiger partial charge in [-0.25, -0.2) is 0 Å². The molecule has 0 aliphatic heterocycles. The Morgan fingerprint density at radius 2 is 1.90 bits per heavy atom. The summed E-state index contributed by atoms with van der Waals surface area (Å²) < 4.78 is 5.30. The van der Waals surface area contributed by atoms with E-state index in [1.807, 2.05) is 30.3 Å². The second-order valence-electron chi connectivity index (χ2n) is 5.64. The Kier molecular flexibility index (Phi) is 5.47. The highest BCUT2D eigenvalue weighted by molar-refractivity contribution is 5.17. The normalized spacial score (nSPS) is 13.0. The van der Waals surface area contributed by atoms with Crippen molar-refractivity contribution in [1.82, 2.24) is 15.0 Å². The monoisotopic (exact) mass is 289 g/mol. The van der Waals surface area contributed by atoms with Crippen molar-refractivity contribution in [2.45, 2.75) is 45.9 Å². The van der Waals surface area contributed by atoms with Crippen LogP contribution >= 0.6 is 0 Å². The van der Waals surface area contributed by atoms with Gasteiger partial charge in [0.05, 0.1) is 19.1 Å². The van der Waals surface area contributed by atoms with E-state index in [4.69, 9.17) is 4.52 Å². The first kappa shape index (κ1) is 15.7. The lowest BCUT2D eigenvalue weighted by molar-refractivity contribution is 0.100. The molecule has 5 heteroatoms. The molecule has 5 nitrogen and oxygen atoms in total. The fourth-order valence-electron chi connectivity index (χ4n) is 2.18. The third kappa shape index (κ3) is 4.95. The summed E-state index contributed by atoms with van der Waals surface area (Å²) in [6.07, 6.45) is 0.273.